The van der Waals surface area contributed by atoms with Crippen LogP contribution >= 0.6 is 11.3 Å². The molecule has 0 bridgehead atoms. The number of allylic oxidation sites excluding steroid dienone is 3. The molecule has 2 aliphatic heterocycles. The smallest absolute Gasteiger partial charge is 0.290 e. The second-order valence-corrected chi connectivity index (χ2v) is 14.1. The first kappa shape index (κ1) is 32.8. The number of aryl methyl sites for hydroxylation is 3. The standard InChI is InChI=1S/C36H40N8O4S/c1-22(43-14-13-42(17-23(43)2)25-20-48-21-25)9-10-32(37-3)40-30-15-24(18-41(4)35(30)46)26-11-12-38-34(29(26)19-45)44-36(47)33-28(16-39-44)27-7-5-6-8-31(27)49-33/h9-12,15-16,18-19,23,25,40H,3,5-8,13-14,17,20-21H2,1-2,4H3/b22-9+,32-10+/t23-/m0/s1. The normalized spacial score (nSPS) is 19.1. The molecule has 2 fully saturated rings. The van der Waals surface area contributed by atoms with Crippen molar-refractivity contribution in [2.75, 3.05) is 38.2 Å². The van der Waals surface area contributed by atoms with Gasteiger partial charge in [0.15, 0.2) is 12.1 Å². The molecular formula is C36H40N8O4S. The Morgan fingerprint density at radius 1 is 1.16 bits per heavy atom. The highest BCUT2D eigenvalue weighted by Crippen LogP contribution is 2.35. The Hall–Kier alpha value is -4.72. The summed E-state index contributed by atoms with van der Waals surface area (Å²) < 4.78 is 8.65. The zero-order valence-corrected chi connectivity index (χ0v) is 28.8. The number of hydrogen-bond donors (Lipinski definition) is 1. The molecule has 2 saturated heterocycles. The predicted octanol–water partition coefficient (Wildman–Crippen LogP) is 4.16. The fourth-order valence-electron chi connectivity index (χ4n) is 7.09. The van der Waals surface area contributed by atoms with E-state index in [1.165, 1.54) is 31.0 Å². The van der Waals surface area contributed by atoms with Gasteiger partial charge in [-0.25, -0.2) is 9.98 Å². The molecule has 4 aromatic heterocycles. The summed E-state index contributed by atoms with van der Waals surface area (Å²) in [5.74, 6) is 0.541. The molecule has 0 unspecified atom stereocenters. The van der Waals surface area contributed by atoms with Crippen molar-refractivity contribution in [3.05, 3.63) is 91.1 Å². The van der Waals surface area contributed by atoms with E-state index < -0.39 is 0 Å². The number of carbonyl (C=O) groups is 1. The maximum Gasteiger partial charge on any atom is 0.290 e. The molecule has 0 aromatic carbocycles. The number of thiophene rings is 1. The van der Waals surface area contributed by atoms with Gasteiger partial charge in [0.05, 0.1) is 31.0 Å². The molecule has 0 radical (unpaired) electrons. The van der Waals surface area contributed by atoms with Crippen LogP contribution in [0, 0.1) is 0 Å². The molecule has 254 valence electrons. The minimum Gasteiger partial charge on any atom is -0.378 e. The van der Waals surface area contributed by atoms with Crippen molar-refractivity contribution >= 4 is 40.1 Å². The molecule has 0 amide bonds. The van der Waals surface area contributed by atoms with E-state index in [0.29, 0.717) is 40.0 Å². The second kappa shape index (κ2) is 13.7. The van der Waals surface area contributed by atoms with Gasteiger partial charge >= 0.3 is 0 Å². The predicted molar refractivity (Wildman–Crippen MR) is 193 cm³/mol. The number of ether oxygens (including phenoxy) is 1. The van der Waals surface area contributed by atoms with Crippen LogP contribution in [0.4, 0.5) is 5.69 Å². The molecule has 0 saturated carbocycles. The van der Waals surface area contributed by atoms with Crippen LogP contribution in [0.15, 0.2) is 69.0 Å². The van der Waals surface area contributed by atoms with Gasteiger partial charge in [0.2, 0.25) is 0 Å². The quantitative estimate of drug-likeness (QED) is 0.158. The maximum absolute atomic E-state index is 13.7. The van der Waals surface area contributed by atoms with E-state index in [1.54, 1.807) is 37.8 Å². The van der Waals surface area contributed by atoms with Gasteiger partial charge in [-0.15, -0.1) is 11.3 Å². The Kier molecular flexibility index (Phi) is 9.14. The Labute approximate surface area is 288 Å². The number of carbonyl (C=O) groups excluding carboxylic acids is 1. The van der Waals surface area contributed by atoms with E-state index in [-0.39, 0.29) is 28.2 Å². The molecule has 4 aromatic rings. The SMILES string of the molecule is C=N/C(=C\C=C(/C)N1CCN(C2COC2)C[C@@H]1C)Nc1cc(-c2ccnc(-n3ncc4c5c(sc4c3=O)CCCC5)c2C=O)cn(C)c1=O. The summed E-state index contributed by atoms with van der Waals surface area (Å²) in [6.45, 7) is 12.5. The van der Waals surface area contributed by atoms with Crippen molar-refractivity contribution < 1.29 is 9.53 Å². The average Bonchev–Trinajstić information content (AvgIpc) is 3.47. The van der Waals surface area contributed by atoms with Crippen molar-refractivity contribution in [2.45, 2.75) is 51.6 Å². The second-order valence-electron chi connectivity index (χ2n) is 13.0. The first-order chi connectivity index (χ1) is 23.8. The number of nitrogens with zero attached hydrogens (tertiary/aromatic N) is 7. The van der Waals surface area contributed by atoms with E-state index >= 15 is 0 Å². The van der Waals surface area contributed by atoms with Crippen LogP contribution < -0.4 is 16.4 Å². The lowest BCUT2D eigenvalue weighted by Gasteiger charge is -2.46. The van der Waals surface area contributed by atoms with Gasteiger partial charge in [-0.05, 0) is 81.7 Å². The Morgan fingerprint density at radius 2 is 1.98 bits per heavy atom. The number of aliphatic imine (C=N–C) groups is 1. The Morgan fingerprint density at radius 3 is 2.71 bits per heavy atom. The molecule has 12 nitrogen and oxygen atoms in total. The third kappa shape index (κ3) is 6.18. The summed E-state index contributed by atoms with van der Waals surface area (Å²) in [5, 5.41) is 8.49. The average molecular weight is 681 g/mol. The lowest BCUT2D eigenvalue weighted by Crippen LogP contribution is -2.59. The van der Waals surface area contributed by atoms with Crippen molar-refractivity contribution in [2.24, 2.45) is 12.0 Å². The highest BCUT2D eigenvalue weighted by Gasteiger charge is 2.32. The number of rotatable bonds is 9. The molecule has 49 heavy (non-hydrogen) atoms. The number of piperazine rings is 1. The number of hydrogen-bond acceptors (Lipinski definition) is 11. The minimum absolute atomic E-state index is 0.138. The van der Waals surface area contributed by atoms with Gasteiger partial charge in [-0.2, -0.15) is 9.78 Å². The van der Waals surface area contributed by atoms with Gasteiger partial charge < -0.3 is 19.5 Å². The van der Waals surface area contributed by atoms with Crippen LogP contribution in [0.2, 0.25) is 0 Å². The number of nitrogens with one attached hydrogen (secondary N) is 1. The van der Waals surface area contributed by atoms with Crippen LogP contribution in [-0.4, -0.2) is 87.1 Å². The maximum atomic E-state index is 13.7. The van der Waals surface area contributed by atoms with E-state index in [1.807, 2.05) is 12.2 Å². The van der Waals surface area contributed by atoms with Gasteiger partial charge in [0.1, 0.15) is 16.2 Å². The molecule has 3 aliphatic rings. The number of pyridine rings is 2. The van der Waals surface area contributed by atoms with Crippen LogP contribution in [0.3, 0.4) is 0 Å². The zero-order chi connectivity index (χ0) is 34.2. The summed E-state index contributed by atoms with van der Waals surface area (Å²) in [7, 11) is 1.64. The van der Waals surface area contributed by atoms with Gasteiger partial charge in [-0.1, -0.05) is 0 Å². The summed E-state index contributed by atoms with van der Waals surface area (Å²) in [6, 6.07) is 4.23. The van der Waals surface area contributed by atoms with E-state index in [4.69, 9.17) is 4.74 Å². The topological polar surface area (TPSA) is 127 Å². The van der Waals surface area contributed by atoms with E-state index in [9.17, 15) is 14.4 Å². The number of aromatic nitrogens is 4. The highest BCUT2D eigenvalue weighted by atomic mass is 32.1. The van der Waals surface area contributed by atoms with Gasteiger partial charge in [0, 0.05) is 66.6 Å². The fraction of sp³-hybridized carbons (Fsp3) is 0.389. The first-order valence-corrected chi connectivity index (χ1v) is 17.5. The molecule has 13 heteroatoms. The van der Waals surface area contributed by atoms with Crippen molar-refractivity contribution in [3.8, 4) is 16.9 Å². The molecule has 1 N–H and O–H groups in total. The van der Waals surface area contributed by atoms with Crippen LogP contribution in [0.25, 0.3) is 27.0 Å². The summed E-state index contributed by atoms with van der Waals surface area (Å²) in [6.07, 6.45) is 13.5. The fourth-order valence-corrected chi connectivity index (χ4v) is 8.38. The summed E-state index contributed by atoms with van der Waals surface area (Å²) >= 11 is 1.51. The van der Waals surface area contributed by atoms with Crippen LogP contribution in [0.5, 0.6) is 0 Å². The van der Waals surface area contributed by atoms with E-state index in [0.717, 1.165) is 69.6 Å². The molecular weight excluding hydrogens is 641 g/mol. The van der Waals surface area contributed by atoms with Gasteiger partial charge in [-0.3, -0.25) is 19.3 Å². The summed E-state index contributed by atoms with van der Waals surface area (Å²) in [4.78, 5) is 54.3. The third-order valence-electron chi connectivity index (χ3n) is 9.85. The van der Waals surface area contributed by atoms with Crippen LogP contribution in [0.1, 0.15) is 47.5 Å². The van der Waals surface area contributed by atoms with Crippen molar-refractivity contribution in [1.82, 2.24) is 29.1 Å². The Bertz CT molecular complexity index is 2130. The largest absolute Gasteiger partial charge is 0.378 e. The third-order valence-corrected chi connectivity index (χ3v) is 11.1. The van der Waals surface area contributed by atoms with Gasteiger partial charge in [0.25, 0.3) is 11.1 Å². The minimum atomic E-state index is -0.299. The number of anilines is 1. The first-order valence-electron chi connectivity index (χ1n) is 16.7. The van der Waals surface area contributed by atoms with Crippen molar-refractivity contribution in [3.63, 3.8) is 0 Å². The molecule has 1 atom stereocenters. The Balaban J connectivity index is 1.18. The molecule has 6 heterocycles. The lowest BCUT2D eigenvalue weighted by molar-refractivity contribution is -0.0814. The number of fused-ring (bicyclic) bond motifs is 3. The monoisotopic (exact) mass is 680 g/mol. The zero-order valence-electron chi connectivity index (χ0n) is 28.0. The summed E-state index contributed by atoms with van der Waals surface area (Å²) in [5.41, 5.74) is 3.25. The molecule has 1 aliphatic carbocycles. The van der Waals surface area contributed by atoms with E-state index in [2.05, 4.69) is 50.8 Å². The lowest BCUT2D eigenvalue weighted by atomic mass is 9.97. The van der Waals surface area contributed by atoms with Crippen LogP contribution in [-0.2, 0) is 24.6 Å². The molecule has 7 rings (SSSR count). The molecule has 0 spiro atoms. The van der Waals surface area contributed by atoms with Crippen molar-refractivity contribution in [1.29, 1.82) is 0 Å². The highest BCUT2D eigenvalue weighted by molar-refractivity contribution is 7.19. The number of aldehydes is 1.